The van der Waals surface area contributed by atoms with E-state index in [2.05, 4.69) is 44.9 Å². The largest absolute Gasteiger partial charge is 0.364 e. The predicted molar refractivity (Wildman–Crippen MR) is 90.1 cm³/mol. The van der Waals surface area contributed by atoms with E-state index >= 15 is 0 Å². The number of aryl methyl sites for hydroxylation is 1. The minimum absolute atomic E-state index is 0.621. The SMILES string of the molecule is Cc1nc(NCc2cscn2)c2c(CC(C)C)csc2n1. The van der Waals surface area contributed by atoms with Crippen LogP contribution in [0.1, 0.15) is 30.9 Å². The fourth-order valence-corrected chi connectivity index (χ4v) is 3.88. The van der Waals surface area contributed by atoms with Gasteiger partial charge in [0.2, 0.25) is 0 Å². The first kappa shape index (κ1) is 14.4. The summed E-state index contributed by atoms with van der Waals surface area (Å²) >= 11 is 3.32. The van der Waals surface area contributed by atoms with Crippen molar-refractivity contribution < 1.29 is 0 Å². The van der Waals surface area contributed by atoms with Crippen LogP contribution in [-0.2, 0) is 13.0 Å². The first-order valence-corrected chi connectivity index (χ1v) is 8.81. The fourth-order valence-electron chi connectivity index (χ4n) is 2.32. The number of hydrogen-bond donors (Lipinski definition) is 1. The normalized spacial score (nSPS) is 11.4. The van der Waals surface area contributed by atoms with Crippen molar-refractivity contribution in [2.24, 2.45) is 5.92 Å². The zero-order chi connectivity index (χ0) is 14.8. The van der Waals surface area contributed by atoms with E-state index in [9.17, 15) is 0 Å². The third-order valence-corrected chi connectivity index (χ3v) is 4.73. The minimum Gasteiger partial charge on any atom is -0.364 e. The molecule has 0 saturated carbocycles. The molecule has 6 heteroatoms. The molecule has 21 heavy (non-hydrogen) atoms. The third kappa shape index (κ3) is 3.22. The van der Waals surface area contributed by atoms with Gasteiger partial charge < -0.3 is 5.32 Å². The molecule has 4 nitrogen and oxygen atoms in total. The van der Waals surface area contributed by atoms with Crippen LogP contribution < -0.4 is 5.32 Å². The molecule has 0 atom stereocenters. The van der Waals surface area contributed by atoms with Crippen LogP contribution in [0.2, 0.25) is 0 Å². The molecule has 0 aliphatic carbocycles. The number of nitrogens with one attached hydrogen (secondary N) is 1. The molecule has 0 amide bonds. The highest BCUT2D eigenvalue weighted by molar-refractivity contribution is 7.17. The van der Waals surface area contributed by atoms with Crippen molar-refractivity contribution in [1.29, 1.82) is 0 Å². The fraction of sp³-hybridized carbons (Fsp3) is 0.400. The number of rotatable bonds is 5. The summed E-state index contributed by atoms with van der Waals surface area (Å²) in [5.74, 6) is 2.36. The summed E-state index contributed by atoms with van der Waals surface area (Å²) in [7, 11) is 0. The molecule has 0 fully saturated rings. The van der Waals surface area contributed by atoms with E-state index in [1.165, 1.54) is 10.9 Å². The predicted octanol–water partition coefficient (Wildman–Crippen LogP) is 4.27. The number of thiazole rings is 1. The quantitative estimate of drug-likeness (QED) is 0.763. The number of fused-ring (bicyclic) bond motifs is 1. The standard InChI is InChI=1S/C15H18N4S2/c1-9(2)4-11-6-21-15-13(11)14(18-10(3)19-15)16-5-12-7-20-8-17-12/h6-9H,4-5H2,1-3H3,(H,16,18,19). The maximum absolute atomic E-state index is 4.60. The Morgan fingerprint density at radius 2 is 2.10 bits per heavy atom. The lowest BCUT2D eigenvalue weighted by Crippen LogP contribution is -2.05. The van der Waals surface area contributed by atoms with Gasteiger partial charge in [0.15, 0.2) is 0 Å². The lowest BCUT2D eigenvalue weighted by molar-refractivity contribution is 0.651. The molecule has 0 aliphatic rings. The van der Waals surface area contributed by atoms with E-state index in [1.54, 1.807) is 22.7 Å². The first-order valence-electron chi connectivity index (χ1n) is 6.99. The van der Waals surface area contributed by atoms with E-state index in [1.807, 2.05) is 12.4 Å². The summed E-state index contributed by atoms with van der Waals surface area (Å²) in [6.07, 6.45) is 1.05. The Hall–Kier alpha value is -1.53. The van der Waals surface area contributed by atoms with Gasteiger partial charge in [-0.1, -0.05) is 13.8 Å². The van der Waals surface area contributed by atoms with Crippen LogP contribution in [0, 0.1) is 12.8 Å². The summed E-state index contributed by atoms with van der Waals surface area (Å²) in [5, 5.41) is 8.88. The zero-order valence-electron chi connectivity index (χ0n) is 12.4. The molecule has 0 aliphatic heterocycles. The Bertz CT molecular complexity index is 732. The Balaban J connectivity index is 1.96. The summed E-state index contributed by atoms with van der Waals surface area (Å²) < 4.78 is 0. The van der Waals surface area contributed by atoms with Crippen LogP contribution >= 0.6 is 22.7 Å². The maximum atomic E-state index is 4.60. The van der Waals surface area contributed by atoms with Crippen molar-refractivity contribution in [3.63, 3.8) is 0 Å². The number of aromatic nitrogens is 3. The number of nitrogens with zero attached hydrogens (tertiary/aromatic N) is 3. The lowest BCUT2D eigenvalue weighted by Gasteiger charge is -2.09. The molecule has 0 spiro atoms. The van der Waals surface area contributed by atoms with Crippen molar-refractivity contribution >= 4 is 38.7 Å². The van der Waals surface area contributed by atoms with Crippen LogP contribution in [0.25, 0.3) is 10.2 Å². The smallest absolute Gasteiger partial charge is 0.139 e. The monoisotopic (exact) mass is 318 g/mol. The molecule has 3 heterocycles. The lowest BCUT2D eigenvalue weighted by atomic mass is 10.0. The molecule has 0 unspecified atom stereocenters. The second kappa shape index (κ2) is 6.07. The summed E-state index contributed by atoms with van der Waals surface area (Å²) in [4.78, 5) is 14.5. The van der Waals surface area contributed by atoms with Gasteiger partial charge >= 0.3 is 0 Å². The van der Waals surface area contributed by atoms with Gasteiger partial charge in [-0.15, -0.1) is 22.7 Å². The summed E-state index contributed by atoms with van der Waals surface area (Å²) in [5.41, 5.74) is 4.24. The van der Waals surface area contributed by atoms with Gasteiger partial charge in [-0.3, -0.25) is 0 Å². The highest BCUT2D eigenvalue weighted by Gasteiger charge is 2.14. The molecule has 110 valence electrons. The van der Waals surface area contributed by atoms with Crippen molar-refractivity contribution in [2.45, 2.75) is 33.7 Å². The molecular weight excluding hydrogens is 300 g/mol. The summed E-state index contributed by atoms with van der Waals surface area (Å²) in [6, 6.07) is 0. The third-order valence-electron chi connectivity index (χ3n) is 3.17. The number of hydrogen-bond acceptors (Lipinski definition) is 6. The highest BCUT2D eigenvalue weighted by atomic mass is 32.1. The molecule has 3 rings (SSSR count). The summed E-state index contributed by atoms with van der Waals surface area (Å²) in [6.45, 7) is 7.11. The van der Waals surface area contributed by atoms with Crippen LogP contribution in [0.15, 0.2) is 16.3 Å². The molecule has 0 saturated heterocycles. The molecule has 0 bridgehead atoms. The molecular formula is C15H18N4S2. The first-order chi connectivity index (χ1) is 10.1. The number of thiophene rings is 1. The van der Waals surface area contributed by atoms with E-state index in [0.29, 0.717) is 12.5 Å². The number of anilines is 1. The van der Waals surface area contributed by atoms with Crippen LogP contribution in [0.3, 0.4) is 0 Å². The minimum atomic E-state index is 0.621. The van der Waals surface area contributed by atoms with Crippen molar-refractivity contribution in [1.82, 2.24) is 15.0 Å². The Labute approximate surface area is 132 Å². The van der Waals surface area contributed by atoms with Crippen molar-refractivity contribution in [3.8, 4) is 0 Å². The Morgan fingerprint density at radius 3 is 2.81 bits per heavy atom. The van der Waals surface area contributed by atoms with E-state index in [-0.39, 0.29) is 0 Å². The molecule has 3 aromatic rings. The van der Waals surface area contributed by atoms with E-state index in [0.717, 1.165) is 28.6 Å². The average Bonchev–Trinajstić information content (AvgIpc) is 3.05. The van der Waals surface area contributed by atoms with E-state index in [4.69, 9.17) is 0 Å². The molecule has 0 aromatic carbocycles. The van der Waals surface area contributed by atoms with Gasteiger partial charge in [-0.05, 0) is 30.2 Å². The Kier molecular flexibility index (Phi) is 4.17. The Morgan fingerprint density at radius 1 is 1.24 bits per heavy atom. The second-order valence-corrected chi connectivity index (χ2v) is 7.07. The van der Waals surface area contributed by atoms with Gasteiger partial charge in [0.25, 0.3) is 0 Å². The maximum Gasteiger partial charge on any atom is 0.139 e. The van der Waals surface area contributed by atoms with Crippen molar-refractivity contribution in [2.75, 3.05) is 5.32 Å². The van der Waals surface area contributed by atoms with Crippen LogP contribution in [0.4, 0.5) is 5.82 Å². The molecule has 3 aromatic heterocycles. The van der Waals surface area contributed by atoms with Gasteiger partial charge in [0, 0.05) is 5.38 Å². The van der Waals surface area contributed by atoms with Crippen molar-refractivity contribution in [3.05, 3.63) is 33.4 Å². The second-order valence-electron chi connectivity index (χ2n) is 5.49. The van der Waals surface area contributed by atoms with E-state index < -0.39 is 0 Å². The topological polar surface area (TPSA) is 50.7 Å². The van der Waals surface area contributed by atoms with Gasteiger partial charge in [0.1, 0.15) is 16.5 Å². The molecule has 0 radical (unpaired) electrons. The van der Waals surface area contributed by atoms with Gasteiger partial charge in [-0.2, -0.15) is 0 Å². The van der Waals surface area contributed by atoms with Gasteiger partial charge in [0.05, 0.1) is 23.1 Å². The highest BCUT2D eigenvalue weighted by Crippen LogP contribution is 2.31. The zero-order valence-corrected chi connectivity index (χ0v) is 14.0. The van der Waals surface area contributed by atoms with Crippen LogP contribution in [-0.4, -0.2) is 15.0 Å². The van der Waals surface area contributed by atoms with Crippen LogP contribution in [0.5, 0.6) is 0 Å². The average molecular weight is 318 g/mol. The van der Waals surface area contributed by atoms with Gasteiger partial charge in [-0.25, -0.2) is 15.0 Å². The molecule has 1 N–H and O–H groups in total.